The van der Waals surface area contributed by atoms with Crippen LogP contribution in [0.25, 0.3) is 0 Å². The van der Waals surface area contributed by atoms with Crippen molar-refractivity contribution in [2.45, 2.75) is 25.8 Å². The summed E-state index contributed by atoms with van der Waals surface area (Å²) in [5, 5.41) is 18.8. The number of nitrogens with zero attached hydrogens (tertiary/aromatic N) is 1. The van der Waals surface area contributed by atoms with Crippen LogP contribution in [-0.4, -0.2) is 33.0 Å². The number of fused-ring (bicyclic) bond motifs is 1. The fourth-order valence-electron chi connectivity index (χ4n) is 3.07. The van der Waals surface area contributed by atoms with Crippen LogP contribution in [0.15, 0.2) is 59.3 Å². The summed E-state index contributed by atoms with van der Waals surface area (Å²) in [4.78, 5) is 26.0. The van der Waals surface area contributed by atoms with E-state index in [0.717, 1.165) is 0 Å². The smallest absolute Gasteiger partial charge is 0.332 e. The second-order valence-corrected chi connectivity index (χ2v) is 5.72. The minimum absolute atomic E-state index is 0.0989. The second kappa shape index (κ2) is 5.76. The van der Waals surface area contributed by atoms with Crippen molar-refractivity contribution in [2.24, 2.45) is 0 Å². The number of carbonyl (C=O) groups is 2. The van der Waals surface area contributed by atoms with Crippen LogP contribution in [0, 0.1) is 0 Å². The predicted molar refractivity (Wildman–Crippen MR) is 84.9 cm³/mol. The zero-order valence-electron chi connectivity index (χ0n) is 12.7. The fraction of sp³-hybridized carbons (Fsp3) is 0.222. The van der Waals surface area contributed by atoms with Gasteiger partial charge in [0.05, 0.1) is 0 Å². The van der Waals surface area contributed by atoms with Crippen LogP contribution in [0.4, 0.5) is 0 Å². The molecule has 23 heavy (non-hydrogen) atoms. The summed E-state index contributed by atoms with van der Waals surface area (Å²) in [5.74, 6) is -1.02. The van der Waals surface area contributed by atoms with E-state index in [4.69, 9.17) is 0 Å². The van der Waals surface area contributed by atoms with E-state index in [9.17, 15) is 19.8 Å². The molecule has 1 unspecified atom stereocenters. The average Bonchev–Trinajstić information content (AvgIpc) is 2.54. The van der Waals surface area contributed by atoms with Crippen molar-refractivity contribution >= 4 is 11.9 Å². The van der Waals surface area contributed by atoms with Crippen LogP contribution >= 0.6 is 0 Å². The van der Waals surface area contributed by atoms with Crippen molar-refractivity contribution in [3.05, 3.63) is 64.9 Å². The first-order chi connectivity index (χ1) is 11.0. The molecule has 5 heteroatoms. The number of amides is 1. The van der Waals surface area contributed by atoms with Gasteiger partial charge in [-0.3, -0.25) is 4.79 Å². The number of rotatable bonds is 2. The lowest BCUT2D eigenvalue weighted by atomic mass is 9.87. The minimum Gasteiger partial charge on any atom is -0.508 e. The largest absolute Gasteiger partial charge is 0.508 e. The quantitative estimate of drug-likeness (QED) is 0.880. The van der Waals surface area contributed by atoms with Gasteiger partial charge in [-0.05, 0) is 49.3 Å². The first-order valence-corrected chi connectivity index (χ1v) is 7.44. The number of benzene rings is 1. The van der Waals surface area contributed by atoms with E-state index in [1.54, 1.807) is 23.1 Å². The predicted octanol–water partition coefficient (Wildman–Crippen LogP) is 2.85. The van der Waals surface area contributed by atoms with E-state index in [0.29, 0.717) is 35.2 Å². The molecule has 5 nitrogen and oxygen atoms in total. The van der Waals surface area contributed by atoms with Gasteiger partial charge in [0.2, 0.25) is 0 Å². The standard InChI is InChI=1S/C18H17NO4/c1-11-10-15(18(22)23)14-4-2-3-5-16(14)19(11)17(21)12-6-8-13(20)9-7-12/h2-3,5-9,11,20H,4,10H2,1H3,(H,22,23). The molecule has 0 saturated heterocycles. The SMILES string of the molecule is CC1CC(C(=O)O)=C2CC=CC=C2N1C(=O)c1ccc(O)cc1. The number of carboxylic acid groups (broad SMARTS) is 1. The number of aliphatic carboxylic acids is 1. The maximum absolute atomic E-state index is 12.9. The van der Waals surface area contributed by atoms with Crippen molar-refractivity contribution < 1.29 is 19.8 Å². The summed E-state index contributed by atoms with van der Waals surface area (Å²) in [6.07, 6.45) is 6.35. The Bertz CT molecular complexity index is 756. The highest BCUT2D eigenvalue weighted by Gasteiger charge is 2.35. The molecule has 1 aliphatic heterocycles. The molecule has 0 radical (unpaired) electrons. The van der Waals surface area contributed by atoms with Crippen molar-refractivity contribution in [1.29, 1.82) is 0 Å². The third-order valence-corrected chi connectivity index (χ3v) is 4.18. The Morgan fingerprint density at radius 2 is 1.91 bits per heavy atom. The maximum atomic E-state index is 12.9. The summed E-state index contributed by atoms with van der Waals surface area (Å²) < 4.78 is 0. The number of carboxylic acids is 1. The number of phenolic OH excluding ortho intramolecular Hbond substituents is 1. The number of allylic oxidation sites excluding steroid dienone is 4. The number of aromatic hydroxyl groups is 1. The lowest BCUT2D eigenvalue weighted by molar-refractivity contribution is -0.133. The molecule has 1 aliphatic carbocycles. The van der Waals surface area contributed by atoms with Crippen LogP contribution in [0.2, 0.25) is 0 Å². The molecule has 2 aliphatic rings. The molecule has 0 saturated carbocycles. The molecule has 1 heterocycles. The lowest BCUT2D eigenvalue weighted by Crippen LogP contribution is -2.43. The number of phenols is 1. The fourth-order valence-corrected chi connectivity index (χ4v) is 3.07. The molecule has 1 amide bonds. The first-order valence-electron chi connectivity index (χ1n) is 7.44. The van der Waals surface area contributed by atoms with E-state index in [1.807, 2.05) is 19.1 Å². The summed E-state index contributed by atoms with van der Waals surface area (Å²) in [6.45, 7) is 1.84. The van der Waals surface area contributed by atoms with Gasteiger partial charge in [-0.1, -0.05) is 12.2 Å². The van der Waals surface area contributed by atoms with Crippen LogP contribution in [0.3, 0.4) is 0 Å². The number of carbonyl (C=O) groups excluding carboxylic acids is 1. The lowest BCUT2D eigenvalue weighted by Gasteiger charge is -2.38. The first kappa shape index (κ1) is 15.1. The van der Waals surface area contributed by atoms with E-state index in [1.165, 1.54) is 12.1 Å². The third kappa shape index (κ3) is 2.65. The highest BCUT2D eigenvalue weighted by molar-refractivity contribution is 5.98. The molecule has 0 fully saturated rings. The van der Waals surface area contributed by atoms with Gasteiger partial charge in [0.25, 0.3) is 5.91 Å². The molecule has 1 aromatic carbocycles. The zero-order chi connectivity index (χ0) is 16.6. The van der Waals surface area contributed by atoms with Crippen LogP contribution in [0.5, 0.6) is 5.75 Å². The highest BCUT2D eigenvalue weighted by atomic mass is 16.4. The van der Waals surface area contributed by atoms with Crippen molar-refractivity contribution in [2.75, 3.05) is 0 Å². The topological polar surface area (TPSA) is 77.8 Å². The van der Waals surface area contributed by atoms with Crippen molar-refractivity contribution in [3.8, 4) is 5.75 Å². The summed E-state index contributed by atoms with van der Waals surface area (Å²) in [6, 6.07) is 5.83. The molecular weight excluding hydrogens is 294 g/mol. The molecule has 1 atom stereocenters. The number of hydrogen-bond acceptors (Lipinski definition) is 3. The molecule has 118 valence electrons. The van der Waals surface area contributed by atoms with Gasteiger partial charge >= 0.3 is 5.97 Å². The van der Waals surface area contributed by atoms with E-state index < -0.39 is 5.97 Å². The maximum Gasteiger partial charge on any atom is 0.332 e. The zero-order valence-corrected chi connectivity index (χ0v) is 12.7. The van der Waals surface area contributed by atoms with E-state index in [-0.39, 0.29) is 17.7 Å². The normalized spacial score (nSPS) is 20.1. The van der Waals surface area contributed by atoms with Crippen molar-refractivity contribution in [3.63, 3.8) is 0 Å². The molecule has 0 bridgehead atoms. The molecular formula is C18H17NO4. The third-order valence-electron chi connectivity index (χ3n) is 4.18. The monoisotopic (exact) mass is 311 g/mol. The Balaban J connectivity index is 2.04. The minimum atomic E-state index is -0.926. The van der Waals surface area contributed by atoms with Gasteiger partial charge in [-0.25, -0.2) is 4.79 Å². The van der Waals surface area contributed by atoms with Crippen molar-refractivity contribution in [1.82, 2.24) is 4.90 Å². The average molecular weight is 311 g/mol. The van der Waals surface area contributed by atoms with E-state index >= 15 is 0 Å². The Kier molecular flexibility index (Phi) is 3.78. The van der Waals surface area contributed by atoms with Gasteiger partial charge in [0.15, 0.2) is 0 Å². The molecule has 2 N–H and O–H groups in total. The van der Waals surface area contributed by atoms with Crippen LogP contribution in [-0.2, 0) is 4.79 Å². The van der Waals surface area contributed by atoms with Gasteiger partial charge < -0.3 is 15.1 Å². The Morgan fingerprint density at radius 1 is 1.22 bits per heavy atom. The van der Waals surface area contributed by atoms with Crippen LogP contribution < -0.4 is 0 Å². The number of hydrogen-bond donors (Lipinski definition) is 2. The Morgan fingerprint density at radius 3 is 2.57 bits per heavy atom. The molecule has 1 aromatic rings. The van der Waals surface area contributed by atoms with E-state index in [2.05, 4.69) is 0 Å². The highest BCUT2D eigenvalue weighted by Crippen LogP contribution is 2.36. The van der Waals surface area contributed by atoms with Crippen LogP contribution in [0.1, 0.15) is 30.1 Å². The molecule has 0 spiro atoms. The summed E-state index contributed by atoms with van der Waals surface area (Å²) in [7, 11) is 0. The molecule has 3 rings (SSSR count). The van der Waals surface area contributed by atoms with Gasteiger partial charge in [-0.2, -0.15) is 0 Å². The van der Waals surface area contributed by atoms with Gasteiger partial charge in [0.1, 0.15) is 5.75 Å². The van der Waals surface area contributed by atoms with Gasteiger partial charge in [-0.15, -0.1) is 0 Å². The second-order valence-electron chi connectivity index (χ2n) is 5.72. The summed E-state index contributed by atoms with van der Waals surface area (Å²) >= 11 is 0. The Labute approximate surface area is 133 Å². The summed E-state index contributed by atoms with van der Waals surface area (Å²) in [5.41, 5.74) is 2.19. The molecule has 0 aromatic heterocycles. The Hall–Kier alpha value is -2.82. The van der Waals surface area contributed by atoms with Gasteiger partial charge in [0, 0.05) is 29.3 Å².